The van der Waals surface area contributed by atoms with Gasteiger partial charge in [-0.1, -0.05) is 44.5 Å². The molecule has 2 rings (SSSR count). The third kappa shape index (κ3) is 7.77. The van der Waals surface area contributed by atoms with Crippen LogP contribution >= 0.6 is 0 Å². The van der Waals surface area contributed by atoms with E-state index in [0.717, 1.165) is 51.4 Å². The fourth-order valence-electron chi connectivity index (χ4n) is 4.58. The summed E-state index contributed by atoms with van der Waals surface area (Å²) >= 11 is 0. The number of benzene rings is 1. The molecule has 0 bridgehead atoms. The predicted molar refractivity (Wildman–Crippen MR) is 120 cm³/mol. The Bertz CT molecular complexity index is 606. The van der Waals surface area contributed by atoms with Gasteiger partial charge in [0.15, 0.2) is 0 Å². The van der Waals surface area contributed by atoms with Crippen molar-refractivity contribution in [3.05, 3.63) is 35.4 Å². The van der Waals surface area contributed by atoms with Gasteiger partial charge in [-0.25, -0.2) is 0 Å². The number of carbonyl (C=O) groups excluding carboxylic acids is 1. The SMILES string of the molecule is CCCC(CCC(O)[C@H]1CC[C@H](c2ccc(CC)cc2)CC1)C(=O)OC(C)(C)C. The third-order valence-corrected chi connectivity index (χ3v) is 6.36. The third-order valence-electron chi connectivity index (χ3n) is 6.36. The van der Waals surface area contributed by atoms with Gasteiger partial charge in [0, 0.05) is 0 Å². The van der Waals surface area contributed by atoms with Crippen molar-refractivity contribution >= 4 is 5.97 Å². The van der Waals surface area contributed by atoms with Crippen molar-refractivity contribution in [2.75, 3.05) is 0 Å². The second kappa shape index (κ2) is 11.2. The summed E-state index contributed by atoms with van der Waals surface area (Å²) in [7, 11) is 0. The predicted octanol–water partition coefficient (Wildman–Crippen LogP) is 6.42. The first-order chi connectivity index (χ1) is 13.7. The van der Waals surface area contributed by atoms with E-state index in [4.69, 9.17) is 4.74 Å². The number of hydrogen-bond donors (Lipinski definition) is 1. The van der Waals surface area contributed by atoms with Gasteiger partial charge in [-0.2, -0.15) is 0 Å². The molecule has 1 aliphatic carbocycles. The number of rotatable bonds is 9. The highest BCUT2D eigenvalue weighted by atomic mass is 16.6. The monoisotopic (exact) mass is 402 g/mol. The first kappa shape index (κ1) is 23.9. The maximum absolute atomic E-state index is 12.5. The molecule has 0 aromatic heterocycles. The summed E-state index contributed by atoms with van der Waals surface area (Å²) in [5, 5.41) is 10.8. The topological polar surface area (TPSA) is 46.5 Å². The van der Waals surface area contributed by atoms with E-state index in [0.29, 0.717) is 18.3 Å². The highest BCUT2D eigenvalue weighted by Gasteiger charge is 2.29. The lowest BCUT2D eigenvalue weighted by molar-refractivity contribution is -0.160. The molecular weight excluding hydrogens is 360 g/mol. The zero-order chi connectivity index (χ0) is 21.4. The maximum Gasteiger partial charge on any atom is 0.309 e. The Balaban J connectivity index is 1.81. The average molecular weight is 403 g/mol. The first-order valence-electron chi connectivity index (χ1n) is 11.7. The van der Waals surface area contributed by atoms with Crippen molar-refractivity contribution in [2.45, 2.75) is 110 Å². The normalized spacial score (nSPS) is 22.1. The number of ether oxygens (including phenoxy) is 1. The van der Waals surface area contributed by atoms with Gasteiger partial charge in [-0.15, -0.1) is 0 Å². The Morgan fingerprint density at radius 3 is 2.17 bits per heavy atom. The first-order valence-corrected chi connectivity index (χ1v) is 11.7. The van der Waals surface area contributed by atoms with Crippen molar-refractivity contribution < 1.29 is 14.6 Å². The van der Waals surface area contributed by atoms with Gasteiger partial charge < -0.3 is 9.84 Å². The molecule has 164 valence electrons. The Hall–Kier alpha value is -1.35. The van der Waals surface area contributed by atoms with Crippen LogP contribution in [0, 0.1) is 11.8 Å². The van der Waals surface area contributed by atoms with Crippen LogP contribution in [-0.2, 0) is 16.0 Å². The molecule has 1 fully saturated rings. The lowest BCUT2D eigenvalue weighted by Gasteiger charge is -2.32. The highest BCUT2D eigenvalue weighted by molar-refractivity contribution is 5.72. The molecule has 3 heteroatoms. The largest absolute Gasteiger partial charge is 0.460 e. The van der Waals surface area contributed by atoms with E-state index in [9.17, 15) is 9.90 Å². The molecule has 1 N–H and O–H groups in total. The summed E-state index contributed by atoms with van der Waals surface area (Å²) in [5.41, 5.74) is 2.39. The second-order valence-electron chi connectivity index (χ2n) is 9.87. The summed E-state index contributed by atoms with van der Waals surface area (Å²) < 4.78 is 5.59. The van der Waals surface area contributed by atoms with Crippen LogP contribution in [0.25, 0.3) is 0 Å². The minimum atomic E-state index is -0.449. The van der Waals surface area contributed by atoms with Gasteiger partial charge in [-0.05, 0) is 95.1 Å². The maximum atomic E-state index is 12.5. The Kier molecular flexibility index (Phi) is 9.20. The Morgan fingerprint density at radius 2 is 1.66 bits per heavy atom. The molecular formula is C26H42O3. The lowest BCUT2D eigenvalue weighted by Crippen LogP contribution is -2.30. The van der Waals surface area contributed by atoms with Crippen molar-refractivity contribution in [1.82, 2.24) is 0 Å². The molecule has 1 aromatic carbocycles. The zero-order valence-corrected chi connectivity index (χ0v) is 19.2. The summed E-state index contributed by atoms with van der Waals surface area (Å²) in [5.74, 6) is 0.786. The number of aliphatic hydroxyl groups is 1. The minimum Gasteiger partial charge on any atom is -0.460 e. The average Bonchev–Trinajstić information content (AvgIpc) is 2.69. The van der Waals surface area contributed by atoms with E-state index < -0.39 is 5.60 Å². The van der Waals surface area contributed by atoms with Gasteiger partial charge in [0.25, 0.3) is 0 Å². The summed E-state index contributed by atoms with van der Waals surface area (Å²) in [4.78, 5) is 12.5. The van der Waals surface area contributed by atoms with Gasteiger partial charge >= 0.3 is 5.97 Å². The highest BCUT2D eigenvalue weighted by Crippen LogP contribution is 2.38. The number of aryl methyl sites for hydroxylation is 1. The molecule has 2 unspecified atom stereocenters. The molecule has 0 spiro atoms. The summed E-state index contributed by atoms with van der Waals surface area (Å²) in [6.45, 7) is 10.0. The van der Waals surface area contributed by atoms with Gasteiger partial charge in [0.1, 0.15) is 5.60 Å². The van der Waals surface area contributed by atoms with Crippen LogP contribution in [0.1, 0.15) is 103 Å². The quantitative estimate of drug-likeness (QED) is 0.485. The van der Waals surface area contributed by atoms with Crippen molar-refractivity contribution in [3.8, 4) is 0 Å². The van der Waals surface area contributed by atoms with E-state index in [1.807, 2.05) is 20.8 Å². The standard InChI is InChI=1S/C26H42O3/c1-6-8-23(25(28)29-26(3,4)5)17-18-24(27)22-15-13-21(14-16-22)20-11-9-19(7-2)10-12-20/h9-12,21-24,27H,6-8,13-18H2,1-5H3/t21-,22-,23?,24?. The Labute approximate surface area is 178 Å². The van der Waals surface area contributed by atoms with Crippen LogP contribution in [-0.4, -0.2) is 22.8 Å². The molecule has 29 heavy (non-hydrogen) atoms. The molecule has 2 atom stereocenters. The van der Waals surface area contributed by atoms with Gasteiger partial charge in [0.05, 0.1) is 12.0 Å². The molecule has 1 aliphatic rings. The smallest absolute Gasteiger partial charge is 0.309 e. The van der Waals surface area contributed by atoms with E-state index >= 15 is 0 Å². The van der Waals surface area contributed by atoms with Crippen LogP contribution in [0.4, 0.5) is 0 Å². The molecule has 0 saturated heterocycles. The number of carbonyl (C=O) groups is 1. The molecule has 0 radical (unpaired) electrons. The summed E-state index contributed by atoms with van der Waals surface area (Å²) in [6, 6.07) is 9.08. The number of esters is 1. The minimum absolute atomic E-state index is 0.0951. The molecule has 3 nitrogen and oxygen atoms in total. The molecule has 0 heterocycles. The van der Waals surface area contributed by atoms with Crippen LogP contribution in [0.5, 0.6) is 0 Å². The van der Waals surface area contributed by atoms with Crippen LogP contribution in [0.15, 0.2) is 24.3 Å². The van der Waals surface area contributed by atoms with Gasteiger partial charge in [-0.3, -0.25) is 4.79 Å². The molecule has 0 aliphatic heterocycles. The fraction of sp³-hybridized carbons (Fsp3) is 0.731. The van der Waals surface area contributed by atoms with E-state index in [-0.39, 0.29) is 18.0 Å². The summed E-state index contributed by atoms with van der Waals surface area (Å²) in [6.07, 6.45) is 8.45. The molecule has 0 amide bonds. The second-order valence-corrected chi connectivity index (χ2v) is 9.87. The molecule has 1 saturated carbocycles. The van der Waals surface area contributed by atoms with E-state index in [1.165, 1.54) is 11.1 Å². The Morgan fingerprint density at radius 1 is 1.03 bits per heavy atom. The van der Waals surface area contributed by atoms with Crippen molar-refractivity contribution in [2.24, 2.45) is 11.8 Å². The van der Waals surface area contributed by atoms with Crippen molar-refractivity contribution in [1.29, 1.82) is 0 Å². The van der Waals surface area contributed by atoms with Gasteiger partial charge in [0.2, 0.25) is 0 Å². The number of aliphatic hydroxyl groups excluding tert-OH is 1. The molecule has 1 aromatic rings. The lowest BCUT2D eigenvalue weighted by atomic mass is 9.75. The zero-order valence-electron chi connectivity index (χ0n) is 19.2. The van der Waals surface area contributed by atoms with E-state index in [1.54, 1.807) is 0 Å². The van der Waals surface area contributed by atoms with Crippen LogP contribution in [0.3, 0.4) is 0 Å². The fourth-order valence-corrected chi connectivity index (χ4v) is 4.58. The number of hydrogen-bond acceptors (Lipinski definition) is 3. The van der Waals surface area contributed by atoms with Crippen molar-refractivity contribution in [3.63, 3.8) is 0 Å². The van der Waals surface area contributed by atoms with Crippen LogP contribution in [0.2, 0.25) is 0 Å². The van der Waals surface area contributed by atoms with E-state index in [2.05, 4.69) is 38.1 Å². The van der Waals surface area contributed by atoms with Crippen LogP contribution < -0.4 is 0 Å².